The molecule has 29 heavy (non-hydrogen) atoms. The van der Waals surface area contributed by atoms with Crippen LogP contribution in [0, 0.1) is 12.7 Å². The molecule has 1 N–H and O–H groups in total. The van der Waals surface area contributed by atoms with Crippen LogP contribution in [0.2, 0.25) is 5.02 Å². The van der Waals surface area contributed by atoms with Crippen molar-refractivity contribution in [3.8, 4) is 16.9 Å². The van der Waals surface area contributed by atoms with E-state index in [1.807, 2.05) is 0 Å². The van der Waals surface area contributed by atoms with Gasteiger partial charge in [0.15, 0.2) is 5.75 Å². The first-order valence-electron chi connectivity index (χ1n) is 9.69. The molecule has 4 rings (SSSR count). The molecule has 6 heteroatoms. The summed E-state index contributed by atoms with van der Waals surface area (Å²) < 4.78 is 16.0. The average Bonchev–Trinajstić information content (AvgIpc) is 3.54. The molecule has 0 atom stereocenters. The molecule has 0 bridgehead atoms. The summed E-state index contributed by atoms with van der Waals surface area (Å²) in [5.41, 5.74) is 2.63. The van der Waals surface area contributed by atoms with E-state index in [9.17, 15) is 14.3 Å². The highest BCUT2D eigenvalue weighted by Crippen LogP contribution is 2.40. The Morgan fingerprint density at radius 1 is 1.14 bits per heavy atom. The predicted molar refractivity (Wildman–Crippen MR) is 112 cm³/mol. The molecule has 0 spiro atoms. The zero-order valence-corrected chi connectivity index (χ0v) is 17.1. The van der Waals surface area contributed by atoms with Gasteiger partial charge in [0.2, 0.25) is 0 Å². The first-order chi connectivity index (χ1) is 13.9. The number of rotatable bonds is 5. The molecule has 0 amide bonds. The Morgan fingerprint density at radius 3 is 2.48 bits per heavy atom. The van der Waals surface area contributed by atoms with Crippen LogP contribution in [0.4, 0.5) is 4.39 Å². The number of aromatic nitrogens is 2. The van der Waals surface area contributed by atoms with Crippen LogP contribution in [0.25, 0.3) is 11.1 Å². The fraction of sp³-hybridized carbons (Fsp3) is 0.304. The zero-order chi connectivity index (χ0) is 20.7. The molecule has 2 aromatic carbocycles. The number of nitrogens with zero attached hydrogens (tertiary/aromatic N) is 2. The molecule has 0 radical (unpaired) electrons. The lowest BCUT2D eigenvalue weighted by Gasteiger charge is -2.15. The molecule has 1 aliphatic rings. The number of aromatic hydroxyl groups is 1. The lowest BCUT2D eigenvalue weighted by molar-refractivity contribution is 0.460. The molecule has 0 unspecified atom stereocenters. The Morgan fingerprint density at radius 2 is 1.83 bits per heavy atom. The van der Waals surface area contributed by atoms with Crippen LogP contribution in [-0.2, 0) is 19.9 Å². The number of hydrogen-bond donors (Lipinski definition) is 1. The van der Waals surface area contributed by atoms with Gasteiger partial charge in [-0.15, -0.1) is 0 Å². The van der Waals surface area contributed by atoms with Crippen LogP contribution in [-0.4, -0.2) is 14.9 Å². The van der Waals surface area contributed by atoms with E-state index >= 15 is 0 Å². The molecule has 1 aromatic heterocycles. The fourth-order valence-corrected chi connectivity index (χ4v) is 3.99. The molecule has 4 nitrogen and oxygen atoms in total. The quantitative estimate of drug-likeness (QED) is 0.647. The maximum absolute atomic E-state index is 14.9. The van der Waals surface area contributed by atoms with E-state index in [4.69, 9.17) is 11.6 Å². The van der Waals surface area contributed by atoms with Crippen molar-refractivity contribution >= 4 is 11.6 Å². The molecule has 3 aromatic rings. The average molecular weight is 413 g/mol. The van der Waals surface area contributed by atoms with Gasteiger partial charge in [-0.3, -0.25) is 4.79 Å². The van der Waals surface area contributed by atoms with Crippen LogP contribution >= 0.6 is 11.6 Å². The van der Waals surface area contributed by atoms with Gasteiger partial charge in [-0.25, -0.2) is 9.07 Å². The highest BCUT2D eigenvalue weighted by atomic mass is 35.5. The summed E-state index contributed by atoms with van der Waals surface area (Å²) in [6.45, 7) is 1.57. The highest BCUT2D eigenvalue weighted by molar-refractivity contribution is 6.31. The van der Waals surface area contributed by atoms with Gasteiger partial charge in [0.05, 0.1) is 5.56 Å². The van der Waals surface area contributed by atoms with Gasteiger partial charge < -0.3 is 5.11 Å². The molecule has 1 fully saturated rings. The number of halogens is 2. The van der Waals surface area contributed by atoms with Crippen molar-refractivity contribution in [3.05, 3.63) is 80.0 Å². The molecule has 1 heterocycles. The standard InChI is InChI=1S/C23H22ClFN2O2/c1-13-22(28)21(23(29)27(2)26-13)20-17(18(24)11-12-19(20)25)10-5-14-3-6-15(7-4-14)16-8-9-16/h3-4,6-7,11-12,16,28H,5,8-10H2,1-2H3. The van der Waals surface area contributed by atoms with Gasteiger partial charge >= 0.3 is 0 Å². The second-order valence-corrected chi connectivity index (χ2v) is 8.04. The summed E-state index contributed by atoms with van der Waals surface area (Å²) in [7, 11) is 1.47. The van der Waals surface area contributed by atoms with Crippen LogP contribution < -0.4 is 5.56 Å². The maximum Gasteiger partial charge on any atom is 0.278 e. The molecular formula is C23H22ClFN2O2. The minimum Gasteiger partial charge on any atom is -0.505 e. The van der Waals surface area contributed by atoms with Gasteiger partial charge in [-0.1, -0.05) is 35.9 Å². The third-order valence-electron chi connectivity index (χ3n) is 5.53. The Balaban J connectivity index is 1.73. The molecule has 0 saturated heterocycles. The smallest absolute Gasteiger partial charge is 0.278 e. The van der Waals surface area contributed by atoms with Crippen molar-refractivity contribution in [1.29, 1.82) is 0 Å². The first-order valence-corrected chi connectivity index (χ1v) is 10.1. The Kier molecular flexibility index (Phi) is 5.17. The van der Waals surface area contributed by atoms with Crippen LogP contribution in [0.3, 0.4) is 0 Å². The molecule has 150 valence electrons. The number of hydrogen-bond acceptors (Lipinski definition) is 3. The van der Waals surface area contributed by atoms with Crippen LogP contribution in [0.5, 0.6) is 5.75 Å². The van der Waals surface area contributed by atoms with Gasteiger partial charge in [-0.2, -0.15) is 5.10 Å². The highest BCUT2D eigenvalue weighted by Gasteiger charge is 2.24. The van der Waals surface area contributed by atoms with E-state index in [1.54, 1.807) is 6.92 Å². The maximum atomic E-state index is 14.9. The van der Waals surface area contributed by atoms with Crippen molar-refractivity contribution in [2.24, 2.45) is 7.05 Å². The van der Waals surface area contributed by atoms with E-state index in [2.05, 4.69) is 29.4 Å². The first kappa shape index (κ1) is 19.6. The van der Waals surface area contributed by atoms with Crippen molar-refractivity contribution in [3.63, 3.8) is 0 Å². The summed E-state index contributed by atoms with van der Waals surface area (Å²) in [5, 5.41) is 14.8. The summed E-state index contributed by atoms with van der Waals surface area (Å²) in [5.74, 6) is -0.210. The summed E-state index contributed by atoms with van der Waals surface area (Å²) >= 11 is 6.40. The minimum atomic E-state index is -0.591. The molecule has 1 saturated carbocycles. The molecule has 0 aliphatic heterocycles. The van der Waals surface area contributed by atoms with Gasteiger partial charge in [0.1, 0.15) is 11.5 Å². The van der Waals surface area contributed by atoms with Crippen LogP contribution in [0.1, 0.15) is 41.1 Å². The summed E-state index contributed by atoms with van der Waals surface area (Å²) in [6.07, 6.45) is 3.60. The normalized spacial score (nSPS) is 13.7. The van der Waals surface area contributed by atoms with E-state index < -0.39 is 11.4 Å². The van der Waals surface area contributed by atoms with Crippen molar-refractivity contribution in [2.45, 2.75) is 38.5 Å². The second kappa shape index (κ2) is 7.64. The second-order valence-electron chi connectivity index (χ2n) is 7.64. The predicted octanol–water partition coefficient (Wildman–Crippen LogP) is 4.92. The molecular weight excluding hydrogens is 391 g/mol. The Hall–Kier alpha value is -2.66. The van der Waals surface area contributed by atoms with Crippen LogP contribution in [0.15, 0.2) is 41.2 Å². The lowest BCUT2D eigenvalue weighted by Crippen LogP contribution is -2.23. The number of aryl methyl sites for hydroxylation is 3. The Bertz CT molecular complexity index is 1140. The van der Waals surface area contributed by atoms with E-state index in [1.165, 1.54) is 37.6 Å². The van der Waals surface area contributed by atoms with E-state index in [0.717, 1.165) is 10.2 Å². The van der Waals surface area contributed by atoms with E-state index in [-0.39, 0.29) is 22.6 Å². The third-order valence-corrected chi connectivity index (χ3v) is 5.89. The van der Waals surface area contributed by atoms with Gasteiger partial charge in [-0.05, 0) is 67.3 Å². The monoisotopic (exact) mass is 412 g/mol. The summed E-state index contributed by atoms with van der Waals surface area (Å²) in [4.78, 5) is 12.7. The van der Waals surface area contributed by atoms with Crippen molar-refractivity contribution in [1.82, 2.24) is 9.78 Å². The largest absolute Gasteiger partial charge is 0.505 e. The topological polar surface area (TPSA) is 55.1 Å². The lowest BCUT2D eigenvalue weighted by atomic mass is 9.94. The third kappa shape index (κ3) is 3.79. The van der Waals surface area contributed by atoms with Gasteiger partial charge in [0.25, 0.3) is 5.56 Å². The van der Waals surface area contributed by atoms with Gasteiger partial charge in [0, 0.05) is 17.6 Å². The zero-order valence-electron chi connectivity index (χ0n) is 16.4. The van der Waals surface area contributed by atoms with E-state index in [0.29, 0.717) is 29.3 Å². The van der Waals surface area contributed by atoms with Crippen molar-refractivity contribution < 1.29 is 9.50 Å². The SMILES string of the molecule is Cc1nn(C)c(=O)c(-c2c(F)ccc(Cl)c2CCc2ccc(C3CC3)cc2)c1O. The van der Waals surface area contributed by atoms with Crippen molar-refractivity contribution in [2.75, 3.05) is 0 Å². The fourth-order valence-electron chi connectivity index (χ4n) is 3.74. The minimum absolute atomic E-state index is 0.0516. The Labute approximate surface area is 173 Å². The molecule has 1 aliphatic carbocycles. The summed E-state index contributed by atoms with van der Waals surface area (Å²) in [6, 6.07) is 11.2. The number of benzene rings is 2.